The van der Waals surface area contributed by atoms with Crippen LogP contribution in [0.25, 0.3) is 11.3 Å². The minimum Gasteiger partial charge on any atom is -0.366 e. The third kappa shape index (κ3) is 2.89. The maximum atomic E-state index is 14.1. The summed E-state index contributed by atoms with van der Waals surface area (Å²) in [6.45, 7) is 0.934. The molecule has 25 heavy (non-hydrogen) atoms. The Bertz CT molecular complexity index is 822. The molecule has 0 unspecified atom stereocenters. The highest BCUT2D eigenvalue weighted by Crippen LogP contribution is 2.26. The molecule has 1 aromatic heterocycles. The van der Waals surface area contributed by atoms with Gasteiger partial charge in [0.1, 0.15) is 12.4 Å². The number of fused-ring (bicyclic) bond motifs is 1. The van der Waals surface area contributed by atoms with Crippen LogP contribution >= 0.6 is 0 Å². The summed E-state index contributed by atoms with van der Waals surface area (Å²) < 4.78 is 19.6. The van der Waals surface area contributed by atoms with Crippen LogP contribution in [-0.2, 0) is 9.53 Å². The van der Waals surface area contributed by atoms with Crippen molar-refractivity contribution in [3.8, 4) is 11.3 Å². The van der Waals surface area contributed by atoms with Crippen molar-refractivity contribution in [1.29, 1.82) is 0 Å². The lowest BCUT2D eigenvalue weighted by molar-refractivity contribution is -0.139. The molecule has 2 aromatic rings. The number of hydrogen-bond acceptors (Lipinski definition) is 4. The number of halogens is 1. The molecule has 7 nitrogen and oxygen atoms in total. The standard InChI is InChI=1S/C17H17FN4O3/c18-12-4-2-1-3-10(12)16-11(7-19-21-16)17(24)22-6-5-14-13(8-22)20-15(23)9-25-14/h1-4,7,13-14H,5-6,8-9H2,(H,19,21)(H,20,23)/t13-,14-/m0/s1. The molecular formula is C17H17FN4O3. The monoisotopic (exact) mass is 344 g/mol. The third-order valence-electron chi connectivity index (χ3n) is 4.62. The van der Waals surface area contributed by atoms with Crippen LogP contribution in [-0.4, -0.2) is 58.8 Å². The van der Waals surface area contributed by atoms with E-state index >= 15 is 0 Å². The second kappa shape index (κ2) is 6.29. The van der Waals surface area contributed by atoms with Gasteiger partial charge in [-0.3, -0.25) is 14.7 Å². The average molecular weight is 344 g/mol. The number of piperidine rings is 1. The molecule has 0 bridgehead atoms. The van der Waals surface area contributed by atoms with E-state index in [-0.39, 0.29) is 30.6 Å². The zero-order valence-corrected chi connectivity index (χ0v) is 13.4. The molecule has 2 aliphatic rings. The molecule has 2 saturated heterocycles. The van der Waals surface area contributed by atoms with Gasteiger partial charge >= 0.3 is 0 Å². The lowest BCUT2D eigenvalue weighted by atomic mass is 9.99. The molecule has 0 radical (unpaired) electrons. The third-order valence-corrected chi connectivity index (χ3v) is 4.62. The quantitative estimate of drug-likeness (QED) is 0.849. The van der Waals surface area contributed by atoms with Gasteiger partial charge in [-0.25, -0.2) is 4.39 Å². The molecule has 130 valence electrons. The summed E-state index contributed by atoms with van der Waals surface area (Å²) in [5, 5.41) is 9.49. The topological polar surface area (TPSA) is 87.3 Å². The number of aromatic amines is 1. The van der Waals surface area contributed by atoms with Crippen LogP contribution in [0.15, 0.2) is 30.5 Å². The molecular weight excluding hydrogens is 327 g/mol. The number of H-pyrrole nitrogens is 1. The van der Waals surface area contributed by atoms with Gasteiger partial charge in [0.2, 0.25) is 5.91 Å². The van der Waals surface area contributed by atoms with Crippen molar-refractivity contribution in [2.45, 2.75) is 18.6 Å². The first-order chi connectivity index (χ1) is 12.1. The van der Waals surface area contributed by atoms with Gasteiger partial charge in [-0.05, 0) is 18.6 Å². The number of hydrogen-bond donors (Lipinski definition) is 2. The second-order valence-corrected chi connectivity index (χ2v) is 6.20. The molecule has 0 aliphatic carbocycles. The van der Waals surface area contributed by atoms with Crippen molar-refractivity contribution in [2.75, 3.05) is 19.7 Å². The van der Waals surface area contributed by atoms with Crippen LogP contribution in [0, 0.1) is 5.82 Å². The summed E-state index contributed by atoms with van der Waals surface area (Å²) >= 11 is 0. The molecule has 2 fully saturated rings. The van der Waals surface area contributed by atoms with Crippen LogP contribution in [0.4, 0.5) is 4.39 Å². The van der Waals surface area contributed by atoms with Gasteiger partial charge in [-0.15, -0.1) is 0 Å². The number of carbonyl (C=O) groups is 2. The Morgan fingerprint density at radius 2 is 2.20 bits per heavy atom. The normalized spacial score (nSPS) is 23.1. The van der Waals surface area contributed by atoms with Gasteiger partial charge in [0.05, 0.1) is 29.6 Å². The van der Waals surface area contributed by atoms with E-state index in [0.29, 0.717) is 36.3 Å². The van der Waals surface area contributed by atoms with E-state index in [9.17, 15) is 14.0 Å². The number of nitrogens with zero attached hydrogens (tertiary/aromatic N) is 2. The summed E-state index contributed by atoms with van der Waals surface area (Å²) in [5.74, 6) is -0.844. The maximum absolute atomic E-state index is 14.1. The van der Waals surface area contributed by atoms with Gasteiger partial charge < -0.3 is 15.0 Å². The average Bonchev–Trinajstić information content (AvgIpc) is 3.10. The fourth-order valence-corrected chi connectivity index (χ4v) is 3.37. The van der Waals surface area contributed by atoms with Crippen molar-refractivity contribution in [3.05, 3.63) is 41.8 Å². The van der Waals surface area contributed by atoms with E-state index in [0.717, 1.165) is 0 Å². The maximum Gasteiger partial charge on any atom is 0.257 e. The van der Waals surface area contributed by atoms with Gasteiger partial charge in [0.25, 0.3) is 5.91 Å². The summed E-state index contributed by atoms with van der Waals surface area (Å²) in [7, 11) is 0. The summed E-state index contributed by atoms with van der Waals surface area (Å²) in [6, 6.07) is 6.01. The zero-order valence-electron chi connectivity index (χ0n) is 13.4. The number of likely N-dealkylation sites (tertiary alicyclic amines) is 1. The predicted octanol–water partition coefficient (Wildman–Crippen LogP) is 0.945. The molecule has 0 spiro atoms. The lowest BCUT2D eigenvalue weighted by Crippen LogP contribution is -2.61. The molecule has 2 aliphatic heterocycles. The molecule has 8 heteroatoms. The van der Waals surface area contributed by atoms with Crippen LogP contribution < -0.4 is 5.32 Å². The van der Waals surface area contributed by atoms with E-state index in [2.05, 4.69) is 15.5 Å². The van der Waals surface area contributed by atoms with Crippen molar-refractivity contribution < 1.29 is 18.7 Å². The predicted molar refractivity (Wildman–Crippen MR) is 86.2 cm³/mol. The van der Waals surface area contributed by atoms with Gasteiger partial charge in [-0.2, -0.15) is 5.10 Å². The van der Waals surface area contributed by atoms with Gasteiger partial charge in [0, 0.05) is 18.7 Å². The molecule has 0 saturated carbocycles. The van der Waals surface area contributed by atoms with Crippen molar-refractivity contribution >= 4 is 11.8 Å². The SMILES string of the molecule is O=C1CO[C@H]2CCN(C(=O)c3cn[nH]c3-c3ccccc3F)C[C@@H]2N1. The Balaban J connectivity index is 1.57. The van der Waals surface area contributed by atoms with E-state index in [1.165, 1.54) is 12.3 Å². The highest BCUT2D eigenvalue weighted by molar-refractivity contribution is 6.00. The number of rotatable bonds is 2. The van der Waals surface area contributed by atoms with Crippen molar-refractivity contribution in [3.63, 3.8) is 0 Å². The Kier molecular flexibility index (Phi) is 3.96. The smallest absolute Gasteiger partial charge is 0.257 e. The molecule has 2 atom stereocenters. The van der Waals surface area contributed by atoms with Gasteiger partial charge in [-0.1, -0.05) is 12.1 Å². The number of nitrogens with one attached hydrogen (secondary N) is 2. The first-order valence-electron chi connectivity index (χ1n) is 8.12. The fourth-order valence-electron chi connectivity index (χ4n) is 3.37. The second-order valence-electron chi connectivity index (χ2n) is 6.20. The van der Waals surface area contributed by atoms with Gasteiger partial charge in [0.15, 0.2) is 0 Å². The number of aromatic nitrogens is 2. The van der Waals surface area contributed by atoms with Crippen LogP contribution in [0.3, 0.4) is 0 Å². The summed E-state index contributed by atoms with van der Waals surface area (Å²) in [4.78, 5) is 26.1. The number of ether oxygens (including phenoxy) is 1. The van der Waals surface area contributed by atoms with E-state index in [1.54, 1.807) is 23.1 Å². The number of carbonyl (C=O) groups excluding carboxylic acids is 2. The first kappa shape index (κ1) is 15.8. The Labute approximate surface area is 143 Å². The van der Waals surface area contributed by atoms with E-state index in [4.69, 9.17) is 4.74 Å². The fraction of sp³-hybridized carbons (Fsp3) is 0.353. The summed E-state index contributed by atoms with van der Waals surface area (Å²) in [6.07, 6.45) is 1.98. The minimum absolute atomic E-state index is 0.0638. The van der Waals surface area contributed by atoms with E-state index in [1.807, 2.05) is 0 Å². The first-order valence-corrected chi connectivity index (χ1v) is 8.12. The molecule has 2 N–H and O–H groups in total. The minimum atomic E-state index is -0.424. The van der Waals surface area contributed by atoms with Crippen LogP contribution in [0.1, 0.15) is 16.8 Å². The van der Waals surface area contributed by atoms with Crippen LogP contribution in [0.2, 0.25) is 0 Å². The van der Waals surface area contributed by atoms with E-state index < -0.39 is 5.82 Å². The van der Waals surface area contributed by atoms with Crippen molar-refractivity contribution in [1.82, 2.24) is 20.4 Å². The molecule has 2 amide bonds. The summed E-state index contributed by atoms with van der Waals surface area (Å²) in [5.41, 5.74) is 0.966. The van der Waals surface area contributed by atoms with Crippen LogP contribution in [0.5, 0.6) is 0 Å². The number of amides is 2. The largest absolute Gasteiger partial charge is 0.366 e. The zero-order chi connectivity index (χ0) is 17.4. The number of benzene rings is 1. The highest BCUT2D eigenvalue weighted by Gasteiger charge is 2.37. The Morgan fingerprint density at radius 1 is 1.36 bits per heavy atom. The molecule has 4 rings (SSSR count). The molecule has 3 heterocycles. The highest BCUT2D eigenvalue weighted by atomic mass is 19.1. The number of morpholine rings is 1. The Morgan fingerprint density at radius 3 is 3.04 bits per heavy atom. The lowest BCUT2D eigenvalue weighted by Gasteiger charge is -2.41. The van der Waals surface area contributed by atoms with Crippen molar-refractivity contribution in [2.24, 2.45) is 0 Å². The molecule has 1 aromatic carbocycles. The Hall–Kier alpha value is -2.74.